The first-order valence-electron chi connectivity index (χ1n) is 7.25. The summed E-state index contributed by atoms with van der Waals surface area (Å²) in [5, 5.41) is 8.97. The quantitative estimate of drug-likeness (QED) is 0.843. The van der Waals surface area contributed by atoms with Crippen molar-refractivity contribution in [3.05, 3.63) is 0 Å². The maximum atomic E-state index is 12.4. The Bertz CT molecular complexity index is 336. The van der Waals surface area contributed by atoms with Gasteiger partial charge in [-0.1, -0.05) is 6.92 Å². The van der Waals surface area contributed by atoms with Crippen molar-refractivity contribution in [3.8, 4) is 0 Å². The molecule has 2 fully saturated rings. The fourth-order valence-corrected chi connectivity index (χ4v) is 3.01. The lowest BCUT2D eigenvalue weighted by molar-refractivity contribution is -0.148. The van der Waals surface area contributed by atoms with Gasteiger partial charge in [0.2, 0.25) is 5.91 Å². The maximum Gasteiger partial charge on any atom is 0.306 e. The van der Waals surface area contributed by atoms with Gasteiger partial charge < -0.3 is 14.7 Å². The van der Waals surface area contributed by atoms with E-state index in [2.05, 4.69) is 6.92 Å². The molecule has 1 heterocycles. The van der Waals surface area contributed by atoms with E-state index in [9.17, 15) is 9.59 Å². The van der Waals surface area contributed by atoms with Crippen molar-refractivity contribution < 1.29 is 19.4 Å². The Morgan fingerprint density at radius 1 is 1.21 bits per heavy atom. The SMILES string of the molecule is CCC1CN(C(=O)C2CCC(C(=O)O)CC2)CCO1. The van der Waals surface area contributed by atoms with E-state index in [-0.39, 0.29) is 23.8 Å². The molecule has 0 radical (unpaired) electrons. The fourth-order valence-electron chi connectivity index (χ4n) is 3.01. The standard InChI is InChI=1S/C14H23NO4/c1-2-12-9-15(7-8-19-12)13(16)10-3-5-11(6-4-10)14(17)18/h10-12H,2-9H2,1H3,(H,17,18). The number of carboxylic acids is 1. The lowest BCUT2D eigenvalue weighted by Crippen LogP contribution is -2.48. The molecule has 19 heavy (non-hydrogen) atoms. The summed E-state index contributed by atoms with van der Waals surface area (Å²) < 4.78 is 5.57. The zero-order chi connectivity index (χ0) is 13.8. The van der Waals surface area contributed by atoms with E-state index < -0.39 is 5.97 Å². The molecule has 1 saturated heterocycles. The van der Waals surface area contributed by atoms with Crippen molar-refractivity contribution >= 4 is 11.9 Å². The third kappa shape index (κ3) is 3.47. The highest BCUT2D eigenvalue weighted by Crippen LogP contribution is 2.30. The molecule has 0 aromatic heterocycles. The summed E-state index contributed by atoms with van der Waals surface area (Å²) in [6, 6.07) is 0. The minimum atomic E-state index is -0.719. The highest BCUT2D eigenvalue weighted by Gasteiger charge is 2.33. The van der Waals surface area contributed by atoms with Gasteiger partial charge >= 0.3 is 5.97 Å². The molecule has 5 heteroatoms. The number of nitrogens with zero attached hydrogens (tertiary/aromatic N) is 1. The molecule has 0 aromatic rings. The smallest absolute Gasteiger partial charge is 0.306 e. The molecule has 1 unspecified atom stereocenters. The molecule has 0 bridgehead atoms. The van der Waals surface area contributed by atoms with Gasteiger partial charge in [-0.15, -0.1) is 0 Å². The highest BCUT2D eigenvalue weighted by atomic mass is 16.5. The normalized spacial score (nSPS) is 32.1. The lowest BCUT2D eigenvalue weighted by Gasteiger charge is -2.36. The van der Waals surface area contributed by atoms with Crippen molar-refractivity contribution in [2.45, 2.75) is 45.1 Å². The van der Waals surface area contributed by atoms with E-state index >= 15 is 0 Å². The number of carboxylic acid groups (broad SMARTS) is 1. The molecular weight excluding hydrogens is 246 g/mol. The number of ether oxygens (including phenoxy) is 1. The van der Waals surface area contributed by atoms with E-state index in [0.717, 1.165) is 6.42 Å². The molecule has 1 aliphatic heterocycles. The van der Waals surface area contributed by atoms with Gasteiger partial charge in [-0.2, -0.15) is 0 Å². The van der Waals surface area contributed by atoms with Gasteiger partial charge in [0, 0.05) is 19.0 Å². The largest absolute Gasteiger partial charge is 0.481 e. The molecule has 2 aliphatic rings. The van der Waals surface area contributed by atoms with Crippen LogP contribution in [-0.4, -0.2) is 47.7 Å². The van der Waals surface area contributed by atoms with Gasteiger partial charge in [0.1, 0.15) is 0 Å². The van der Waals surface area contributed by atoms with E-state index in [1.807, 2.05) is 4.90 Å². The molecule has 108 valence electrons. The lowest BCUT2D eigenvalue weighted by atomic mass is 9.81. The number of amides is 1. The molecule has 1 amide bonds. The van der Waals surface area contributed by atoms with Crippen LogP contribution in [-0.2, 0) is 14.3 Å². The van der Waals surface area contributed by atoms with Crippen molar-refractivity contribution in [2.75, 3.05) is 19.7 Å². The Kier molecular flexibility index (Phi) is 4.80. The first-order chi connectivity index (χ1) is 9.11. The van der Waals surface area contributed by atoms with Crippen LogP contribution in [0.25, 0.3) is 0 Å². The van der Waals surface area contributed by atoms with Crippen LogP contribution in [0.1, 0.15) is 39.0 Å². The topological polar surface area (TPSA) is 66.8 Å². The zero-order valence-electron chi connectivity index (χ0n) is 11.5. The summed E-state index contributed by atoms with van der Waals surface area (Å²) >= 11 is 0. The van der Waals surface area contributed by atoms with Crippen molar-refractivity contribution in [1.29, 1.82) is 0 Å². The van der Waals surface area contributed by atoms with Crippen LogP contribution in [0.3, 0.4) is 0 Å². The summed E-state index contributed by atoms with van der Waals surface area (Å²) in [5.41, 5.74) is 0. The second-order valence-electron chi connectivity index (χ2n) is 5.57. The first kappa shape index (κ1) is 14.3. The molecule has 2 rings (SSSR count). The molecule has 1 saturated carbocycles. The average Bonchev–Trinajstić information content (AvgIpc) is 2.46. The van der Waals surface area contributed by atoms with Gasteiger partial charge in [0.15, 0.2) is 0 Å². The summed E-state index contributed by atoms with van der Waals surface area (Å²) in [5.74, 6) is -0.753. The molecule has 1 aliphatic carbocycles. The minimum Gasteiger partial charge on any atom is -0.481 e. The Morgan fingerprint density at radius 2 is 1.84 bits per heavy atom. The molecular formula is C14H23NO4. The molecule has 1 N–H and O–H groups in total. The van der Waals surface area contributed by atoms with Crippen LogP contribution in [0.15, 0.2) is 0 Å². The van der Waals surface area contributed by atoms with E-state index in [1.54, 1.807) is 0 Å². The van der Waals surface area contributed by atoms with Crippen molar-refractivity contribution in [3.63, 3.8) is 0 Å². The molecule has 5 nitrogen and oxygen atoms in total. The second-order valence-corrected chi connectivity index (χ2v) is 5.57. The molecule has 0 spiro atoms. The van der Waals surface area contributed by atoms with Gasteiger partial charge in [-0.25, -0.2) is 0 Å². The number of hydrogen-bond acceptors (Lipinski definition) is 3. The maximum absolute atomic E-state index is 12.4. The van der Waals surface area contributed by atoms with Crippen molar-refractivity contribution in [1.82, 2.24) is 4.90 Å². The van der Waals surface area contributed by atoms with Crippen LogP contribution in [0.5, 0.6) is 0 Å². The van der Waals surface area contributed by atoms with E-state index in [1.165, 1.54) is 0 Å². The van der Waals surface area contributed by atoms with E-state index in [0.29, 0.717) is 45.4 Å². The Morgan fingerprint density at radius 3 is 2.42 bits per heavy atom. The average molecular weight is 269 g/mol. The zero-order valence-corrected chi connectivity index (χ0v) is 11.5. The van der Waals surface area contributed by atoms with Crippen LogP contribution in [0.2, 0.25) is 0 Å². The monoisotopic (exact) mass is 269 g/mol. The second kappa shape index (κ2) is 6.37. The van der Waals surface area contributed by atoms with Gasteiger partial charge in [0.05, 0.1) is 18.6 Å². The van der Waals surface area contributed by atoms with Crippen molar-refractivity contribution in [2.24, 2.45) is 11.8 Å². The molecule has 1 atom stereocenters. The summed E-state index contributed by atoms with van der Waals surface area (Å²) in [6.45, 7) is 4.05. The number of morpholine rings is 1. The predicted molar refractivity (Wildman–Crippen MR) is 69.7 cm³/mol. The van der Waals surface area contributed by atoms with Gasteiger partial charge in [-0.3, -0.25) is 9.59 Å². The minimum absolute atomic E-state index is 0.0196. The number of carbonyl (C=O) groups is 2. The van der Waals surface area contributed by atoms with Gasteiger partial charge in [-0.05, 0) is 32.1 Å². The number of carbonyl (C=O) groups excluding carboxylic acids is 1. The summed E-state index contributed by atoms with van der Waals surface area (Å²) in [4.78, 5) is 25.2. The summed E-state index contributed by atoms with van der Waals surface area (Å²) in [6.07, 6.45) is 3.78. The van der Waals surface area contributed by atoms with Crippen LogP contribution in [0.4, 0.5) is 0 Å². The number of hydrogen-bond donors (Lipinski definition) is 1. The summed E-state index contributed by atoms with van der Waals surface area (Å²) in [7, 11) is 0. The predicted octanol–water partition coefficient (Wildman–Crippen LogP) is 1.51. The highest BCUT2D eigenvalue weighted by molar-refractivity contribution is 5.79. The number of aliphatic carboxylic acids is 1. The van der Waals surface area contributed by atoms with Crippen LogP contribution < -0.4 is 0 Å². The Labute approximate surface area is 113 Å². The third-order valence-electron chi connectivity index (χ3n) is 4.33. The molecule has 0 aromatic carbocycles. The number of rotatable bonds is 3. The third-order valence-corrected chi connectivity index (χ3v) is 4.33. The fraction of sp³-hybridized carbons (Fsp3) is 0.857. The Balaban J connectivity index is 1.85. The Hall–Kier alpha value is -1.10. The van der Waals surface area contributed by atoms with Crippen LogP contribution >= 0.6 is 0 Å². The van der Waals surface area contributed by atoms with Crippen LogP contribution in [0, 0.1) is 11.8 Å². The van der Waals surface area contributed by atoms with Gasteiger partial charge in [0.25, 0.3) is 0 Å². The first-order valence-corrected chi connectivity index (χ1v) is 7.25. The van der Waals surface area contributed by atoms with E-state index in [4.69, 9.17) is 9.84 Å².